The summed E-state index contributed by atoms with van der Waals surface area (Å²) in [6.45, 7) is 5.84. The lowest BCUT2D eigenvalue weighted by atomic mass is 10.0. The monoisotopic (exact) mass is 237 g/mol. The van der Waals surface area contributed by atoms with Crippen LogP contribution in [0, 0.1) is 5.82 Å². The van der Waals surface area contributed by atoms with Gasteiger partial charge in [0.1, 0.15) is 11.9 Å². The van der Waals surface area contributed by atoms with Crippen LogP contribution in [-0.4, -0.2) is 23.1 Å². The first kappa shape index (κ1) is 11.9. The van der Waals surface area contributed by atoms with Gasteiger partial charge in [-0.15, -0.1) is 0 Å². The Labute approximate surface area is 100 Å². The predicted octanol–water partition coefficient (Wildman–Crippen LogP) is 3.12. The zero-order chi connectivity index (χ0) is 12.6. The predicted molar refractivity (Wildman–Crippen MR) is 62.1 cm³/mol. The number of cyclic esters (lactones) is 1. The van der Waals surface area contributed by atoms with Gasteiger partial charge in [-0.3, -0.25) is 4.90 Å². The van der Waals surface area contributed by atoms with Crippen LogP contribution < -0.4 is 0 Å². The van der Waals surface area contributed by atoms with E-state index in [4.69, 9.17) is 4.74 Å². The molecule has 1 aromatic rings. The fraction of sp³-hybridized carbons (Fsp3) is 0.462. The lowest BCUT2D eigenvalue weighted by Gasteiger charge is -2.24. The Hall–Kier alpha value is -1.58. The molecule has 4 heteroatoms. The molecule has 0 radical (unpaired) electrons. The summed E-state index contributed by atoms with van der Waals surface area (Å²) in [5, 5.41) is 0. The van der Waals surface area contributed by atoms with Crippen molar-refractivity contribution in [2.24, 2.45) is 0 Å². The molecule has 1 fully saturated rings. The average molecular weight is 237 g/mol. The third-order valence-corrected chi connectivity index (χ3v) is 3.07. The molecule has 1 heterocycles. The summed E-state index contributed by atoms with van der Waals surface area (Å²) in [6.07, 6.45) is -0.618. The van der Waals surface area contributed by atoms with Crippen LogP contribution in [-0.2, 0) is 4.74 Å². The van der Waals surface area contributed by atoms with Crippen LogP contribution in [0.2, 0.25) is 0 Å². The van der Waals surface area contributed by atoms with Gasteiger partial charge in [-0.1, -0.05) is 12.1 Å². The van der Waals surface area contributed by atoms with E-state index >= 15 is 0 Å². The van der Waals surface area contributed by atoms with Crippen molar-refractivity contribution in [1.29, 1.82) is 0 Å². The molecule has 0 bridgehead atoms. The molecule has 3 nitrogen and oxygen atoms in total. The fourth-order valence-corrected chi connectivity index (χ4v) is 2.26. The molecule has 92 valence electrons. The molecule has 2 rings (SSSR count). The fourth-order valence-electron chi connectivity index (χ4n) is 2.26. The Balaban J connectivity index is 2.24. The molecule has 0 aliphatic carbocycles. The van der Waals surface area contributed by atoms with E-state index in [9.17, 15) is 9.18 Å². The minimum absolute atomic E-state index is 0.0343. The molecule has 1 aliphatic heterocycles. The van der Waals surface area contributed by atoms with Gasteiger partial charge in [0.2, 0.25) is 0 Å². The zero-order valence-electron chi connectivity index (χ0n) is 10.2. The van der Waals surface area contributed by atoms with Crippen molar-refractivity contribution in [2.45, 2.75) is 39.0 Å². The van der Waals surface area contributed by atoms with Crippen molar-refractivity contribution in [1.82, 2.24) is 4.90 Å². The van der Waals surface area contributed by atoms with E-state index < -0.39 is 0 Å². The standard InChI is InChI=1S/C13H16FNO2/c1-8(2)15-9(3)12(17-13(15)16)10-4-6-11(14)7-5-10/h4-9,12H,1-3H3/t9-,12+/m1/s1. The summed E-state index contributed by atoms with van der Waals surface area (Å²) in [6, 6.07) is 6.15. The number of carbonyl (C=O) groups excluding carboxylic acids is 1. The molecule has 1 amide bonds. The van der Waals surface area contributed by atoms with E-state index in [0.29, 0.717) is 0 Å². The van der Waals surface area contributed by atoms with E-state index in [1.54, 1.807) is 17.0 Å². The maximum atomic E-state index is 12.8. The minimum Gasteiger partial charge on any atom is -0.439 e. The Morgan fingerprint density at radius 1 is 1.29 bits per heavy atom. The average Bonchev–Trinajstić information content (AvgIpc) is 2.55. The van der Waals surface area contributed by atoms with Crippen molar-refractivity contribution in [2.75, 3.05) is 0 Å². The molecular formula is C13H16FNO2. The van der Waals surface area contributed by atoms with E-state index in [1.165, 1.54) is 12.1 Å². The summed E-state index contributed by atoms with van der Waals surface area (Å²) in [5.74, 6) is -0.286. The lowest BCUT2D eigenvalue weighted by Crippen LogP contribution is -2.37. The molecule has 0 saturated carbocycles. The van der Waals surface area contributed by atoms with E-state index in [2.05, 4.69) is 0 Å². The van der Waals surface area contributed by atoms with Gasteiger partial charge in [-0.05, 0) is 38.5 Å². The van der Waals surface area contributed by atoms with Gasteiger partial charge < -0.3 is 4.74 Å². The van der Waals surface area contributed by atoms with Crippen molar-refractivity contribution in [3.8, 4) is 0 Å². The highest BCUT2D eigenvalue weighted by Gasteiger charge is 2.40. The van der Waals surface area contributed by atoms with Crippen LogP contribution in [0.15, 0.2) is 24.3 Å². The largest absolute Gasteiger partial charge is 0.439 e. The van der Waals surface area contributed by atoms with Crippen LogP contribution in [0.3, 0.4) is 0 Å². The van der Waals surface area contributed by atoms with Crippen LogP contribution in [0.5, 0.6) is 0 Å². The van der Waals surface area contributed by atoms with Crippen LogP contribution in [0.4, 0.5) is 9.18 Å². The first-order valence-corrected chi connectivity index (χ1v) is 5.75. The molecule has 0 aromatic heterocycles. The van der Waals surface area contributed by atoms with Crippen molar-refractivity contribution < 1.29 is 13.9 Å². The van der Waals surface area contributed by atoms with Crippen molar-refractivity contribution in [3.05, 3.63) is 35.6 Å². The van der Waals surface area contributed by atoms with Gasteiger partial charge in [-0.2, -0.15) is 0 Å². The smallest absolute Gasteiger partial charge is 0.411 e. The Morgan fingerprint density at radius 2 is 1.88 bits per heavy atom. The highest BCUT2D eigenvalue weighted by Crippen LogP contribution is 2.33. The number of benzene rings is 1. The second-order valence-electron chi connectivity index (χ2n) is 4.60. The van der Waals surface area contributed by atoms with Gasteiger partial charge in [0.15, 0.2) is 0 Å². The molecular weight excluding hydrogens is 221 g/mol. The Bertz CT molecular complexity index is 416. The molecule has 1 saturated heterocycles. The summed E-state index contributed by atoms with van der Waals surface area (Å²) < 4.78 is 18.2. The minimum atomic E-state index is -0.314. The maximum Gasteiger partial charge on any atom is 0.411 e. The number of rotatable bonds is 2. The van der Waals surface area contributed by atoms with Gasteiger partial charge in [0.25, 0.3) is 0 Å². The zero-order valence-corrected chi connectivity index (χ0v) is 10.2. The first-order chi connectivity index (χ1) is 8.00. The SMILES string of the molecule is CC(C)N1C(=O)O[C@H](c2ccc(F)cc2)[C@H]1C. The summed E-state index contributed by atoms with van der Waals surface area (Å²) in [5.41, 5.74) is 0.829. The number of amides is 1. The number of ether oxygens (including phenoxy) is 1. The first-order valence-electron chi connectivity index (χ1n) is 5.75. The van der Waals surface area contributed by atoms with E-state index in [1.807, 2.05) is 20.8 Å². The molecule has 0 N–H and O–H groups in total. The molecule has 1 aromatic carbocycles. The number of hydrogen-bond acceptors (Lipinski definition) is 2. The van der Waals surface area contributed by atoms with Gasteiger partial charge in [0.05, 0.1) is 6.04 Å². The van der Waals surface area contributed by atoms with Gasteiger partial charge in [-0.25, -0.2) is 9.18 Å². The molecule has 0 spiro atoms. The van der Waals surface area contributed by atoms with E-state index in [0.717, 1.165) is 5.56 Å². The lowest BCUT2D eigenvalue weighted by molar-refractivity contribution is 0.129. The van der Waals surface area contributed by atoms with E-state index in [-0.39, 0.29) is 30.1 Å². The number of hydrogen-bond donors (Lipinski definition) is 0. The molecule has 1 aliphatic rings. The Kier molecular flexibility index (Phi) is 3.05. The number of carbonyl (C=O) groups is 1. The topological polar surface area (TPSA) is 29.5 Å². The summed E-state index contributed by atoms with van der Waals surface area (Å²) in [7, 11) is 0. The summed E-state index contributed by atoms with van der Waals surface area (Å²) >= 11 is 0. The van der Waals surface area contributed by atoms with Crippen molar-refractivity contribution >= 4 is 6.09 Å². The number of nitrogens with zero attached hydrogens (tertiary/aromatic N) is 1. The second-order valence-corrected chi connectivity index (χ2v) is 4.60. The third-order valence-electron chi connectivity index (χ3n) is 3.07. The third kappa shape index (κ3) is 2.12. The quantitative estimate of drug-likeness (QED) is 0.791. The highest BCUT2D eigenvalue weighted by molar-refractivity contribution is 5.71. The van der Waals surface area contributed by atoms with Crippen LogP contribution in [0.25, 0.3) is 0 Å². The van der Waals surface area contributed by atoms with Crippen molar-refractivity contribution in [3.63, 3.8) is 0 Å². The molecule has 17 heavy (non-hydrogen) atoms. The number of halogens is 1. The summed E-state index contributed by atoms with van der Waals surface area (Å²) in [4.78, 5) is 13.4. The Morgan fingerprint density at radius 3 is 2.35 bits per heavy atom. The normalized spacial score (nSPS) is 24.3. The van der Waals surface area contributed by atoms with Gasteiger partial charge >= 0.3 is 6.09 Å². The van der Waals surface area contributed by atoms with Crippen LogP contribution in [0.1, 0.15) is 32.4 Å². The van der Waals surface area contributed by atoms with Crippen LogP contribution >= 0.6 is 0 Å². The second kappa shape index (κ2) is 4.35. The van der Waals surface area contributed by atoms with Gasteiger partial charge in [0, 0.05) is 6.04 Å². The molecule has 2 atom stereocenters. The molecule has 0 unspecified atom stereocenters. The highest BCUT2D eigenvalue weighted by atomic mass is 19.1. The maximum absolute atomic E-state index is 12.8.